The highest BCUT2D eigenvalue weighted by Gasteiger charge is 2.34. The van der Waals surface area contributed by atoms with Gasteiger partial charge in [-0.2, -0.15) is 0 Å². The van der Waals surface area contributed by atoms with E-state index in [9.17, 15) is 4.79 Å². The normalized spacial score (nSPS) is 18.0. The average Bonchev–Trinajstić information content (AvgIpc) is 3.12. The van der Waals surface area contributed by atoms with Crippen LogP contribution in [0, 0.1) is 12.8 Å². The molecule has 3 N–H and O–H groups in total. The Balaban J connectivity index is 1.62. The van der Waals surface area contributed by atoms with E-state index < -0.39 is 11.1 Å². The summed E-state index contributed by atoms with van der Waals surface area (Å²) in [6, 6.07) is 8.14. The summed E-state index contributed by atoms with van der Waals surface area (Å²) in [5, 5.41) is 11.8. The van der Waals surface area contributed by atoms with Gasteiger partial charge in [0.25, 0.3) is 0 Å². The monoisotopic (exact) mass is 398 g/mol. The molecule has 0 bridgehead atoms. The van der Waals surface area contributed by atoms with Crippen LogP contribution >= 0.6 is 0 Å². The Hall–Kier alpha value is -2.41. The molecule has 7 heteroatoms. The maximum atomic E-state index is 13.2. The summed E-state index contributed by atoms with van der Waals surface area (Å²) in [6.07, 6.45) is 4.00. The van der Waals surface area contributed by atoms with Crippen LogP contribution in [0.15, 0.2) is 30.5 Å². The Morgan fingerprint density at radius 2 is 1.93 bits per heavy atom. The zero-order valence-corrected chi connectivity index (χ0v) is 18.3. The van der Waals surface area contributed by atoms with Crippen LogP contribution in [0.5, 0.6) is 0 Å². The van der Waals surface area contributed by atoms with Crippen LogP contribution in [0.4, 0.5) is 5.69 Å². The maximum Gasteiger partial charge on any atom is 0.247 e. The zero-order valence-electron chi connectivity index (χ0n) is 18.3. The van der Waals surface area contributed by atoms with E-state index in [0.29, 0.717) is 5.92 Å². The van der Waals surface area contributed by atoms with Gasteiger partial charge in [0.2, 0.25) is 5.91 Å². The Bertz CT molecular complexity index is 834. The van der Waals surface area contributed by atoms with Gasteiger partial charge in [-0.3, -0.25) is 9.48 Å². The van der Waals surface area contributed by atoms with Crippen molar-refractivity contribution in [3.63, 3.8) is 0 Å². The van der Waals surface area contributed by atoms with E-state index in [0.717, 1.165) is 43.9 Å². The molecule has 1 saturated heterocycles. The molecule has 7 nitrogen and oxygen atoms in total. The number of hydrogen-bond acceptors (Lipinski definition) is 5. The van der Waals surface area contributed by atoms with Gasteiger partial charge in [0.05, 0.1) is 11.7 Å². The number of carbonyl (C=O) groups is 1. The van der Waals surface area contributed by atoms with Crippen LogP contribution in [0.3, 0.4) is 0 Å². The Morgan fingerprint density at radius 3 is 2.55 bits per heavy atom. The lowest BCUT2D eigenvalue weighted by molar-refractivity contribution is -0.137. The predicted molar refractivity (Wildman–Crippen MR) is 115 cm³/mol. The number of anilines is 1. The molecule has 1 atom stereocenters. The Labute approximate surface area is 173 Å². The van der Waals surface area contributed by atoms with Gasteiger partial charge in [-0.05, 0) is 65.5 Å². The molecule has 29 heavy (non-hydrogen) atoms. The van der Waals surface area contributed by atoms with Crippen molar-refractivity contribution in [2.45, 2.75) is 65.1 Å². The molecule has 0 saturated carbocycles. The highest BCUT2D eigenvalue weighted by molar-refractivity contribution is 5.88. The van der Waals surface area contributed by atoms with Crippen molar-refractivity contribution in [1.82, 2.24) is 19.9 Å². The lowest BCUT2D eigenvalue weighted by atomic mass is 9.94. The van der Waals surface area contributed by atoms with E-state index in [2.05, 4.69) is 34.7 Å². The van der Waals surface area contributed by atoms with Gasteiger partial charge in [0.1, 0.15) is 11.2 Å². The van der Waals surface area contributed by atoms with Crippen LogP contribution in [0.25, 0.3) is 0 Å². The molecule has 1 unspecified atom stereocenters. The molecule has 2 aromatic rings. The van der Waals surface area contributed by atoms with E-state index in [1.165, 1.54) is 5.56 Å². The van der Waals surface area contributed by atoms with Gasteiger partial charge in [-0.25, -0.2) is 0 Å². The second-order valence-corrected chi connectivity index (χ2v) is 9.42. The van der Waals surface area contributed by atoms with Crippen molar-refractivity contribution in [3.8, 4) is 0 Å². The van der Waals surface area contributed by atoms with Gasteiger partial charge in [-0.15, -0.1) is 5.10 Å². The van der Waals surface area contributed by atoms with E-state index in [1.54, 1.807) is 0 Å². The largest absolute Gasteiger partial charge is 0.372 e. The first-order valence-corrected chi connectivity index (χ1v) is 10.4. The van der Waals surface area contributed by atoms with E-state index in [4.69, 9.17) is 5.73 Å². The summed E-state index contributed by atoms with van der Waals surface area (Å²) in [7, 11) is 0. The first-order chi connectivity index (χ1) is 13.5. The zero-order chi connectivity index (χ0) is 21.2. The molecule has 2 heterocycles. The summed E-state index contributed by atoms with van der Waals surface area (Å²) >= 11 is 0. The number of nitrogens with one attached hydrogen (secondary N) is 1. The van der Waals surface area contributed by atoms with Crippen molar-refractivity contribution in [2.24, 2.45) is 11.7 Å². The van der Waals surface area contributed by atoms with Crippen LogP contribution in [0.2, 0.25) is 0 Å². The number of benzene rings is 1. The average molecular weight is 399 g/mol. The number of piperidine rings is 1. The van der Waals surface area contributed by atoms with Gasteiger partial charge < -0.3 is 16.0 Å². The van der Waals surface area contributed by atoms with Crippen LogP contribution in [0.1, 0.15) is 51.8 Å². The second kappa shape index (κ2) is 8.14. The Kier molecular flexibility index (Phi) is 5.98. The number of likely N-dealkylation sites (tertiary alicyclic amines) is 1. The number of nitrogens with zero attached hydrogens (tertiary/aromatic N) is 4. The Morgan fingerprint density at radius 1 is 1.24 bits per heavy atom. The fourth-order valence-electron chi connectivity index (χ4n) is 3.79. The quantitative estimate of drug-likeness (QED) is 0.781. The fourth-order valence-corrected chi connectivity index (χ4v) is 3.79. The first-order valence-electron chi connectivity index (χ1n) is 10.4. The molecule has 1 amide bonds. The highest BCUT2D eigenvalue weighted by atomic mass is 16.2. The molecule has 1 aliphatic heterocycles. The molecule has 3 rings (SSSR count). The SMILES string of the molecule is Cc1ccc(NC(C)(C)C(=O)N2CCCC(Cn3cc(C(C)(C)N)nn3)C2)cc1. The third-order valence-electron chi connectivity index (χ3n) is 5.49. The first kappa shape index (κ1) is 21.3. The molecule has 1 aromatic carbocycles. The molecule has 0 aliphatic carbocycles. The van der Waals surface area contributed by atoms with E-state index in [1.807, 2.05) is 55.6 Å². The van der Waals surface area contributed by atoms with E-state index >= 15 is 0 Å². The predicted octanol–water partition coefficient (Wildman–Crippen LogP) is 2.91. The minimum atomic E-state index is -0.666. The smallest absolute Gasteiger partial charge is 0.247 e. The molecule has 1 aromatic heterocycles. The second-order valence-electron chi connectivity index (χ2n) is 9.42. The van der Waals surface area contributed by atoms with E-state index in [-0.39, 0.29) is 5.91 Å². The van der Waals surface area contributed by atoms with Crippen LogP contribution in [-0.2, 0) is 16.9 Å². The molecular weight excluding hydrogens is 364 g/mol. The molecule has 0 radical (unpaired) electrons. The number of nitrogens with two attached hydrogens (primary N) is 1. The topological polar surface area (TPSA) is 89.1 Å². The van der Waals surface area contributed by atoms with Crippen molar-refractivity contribution in [2.75, 3.05) is 18.4 Å². The van der Waals surface area contributed by atoms with Gasteiger partial charge >= 0.3 is 0 Å². The molecule has 1 aliphatic rings. The number of carbonyl (C=O) groups excluding carboxylic acids is 1. The standard InChI is InChI=1S/C22H34N6O/c1-16-8-10-18(11-9-16)24-22(4,5)20(29)27-12-6-7-17(13-27)14-28-15-19(25-26-28)21(2,3)23/h8-11,15,17,24H,6-7,12-14,23H2,1-5H3. The number of rotatable bonds is 6. The molecule has 158 valence electrons. The van der Waals surface area contributed by atoms with Crippen molar-refractivity contribution in [1.29, 1.82) is 0 Å². The van der Waals surface area contributed by atoms with Gasteiger partial charge in [-0.1, -0.05) is 22.9 Å². The molecular formula is C22H34N6O. The number of amides is 1. The van der Waals surface area contributed by atoms with Crippen molar-refractivity contribution in [3.05, 3.63) is 41.7 Å². The van der Waals surface area contributed by atoms with Gasteiger partial charge in [0, 0.05) is 25.3 Å². The number of aryl methyl sites for hydroxylation is 1. The number of aromatic nitrogens is 3. The summed E-state index contributed by atoms with van der Waals surface area (Å²) in [4.78, 5) is 15.2. The summed E-state index contributed by atoms with van der Waals surface area (Å²) in [6.45, 7) is 12.1. The maximum absolute atomic E-state index is 13.2. The fraction of sp³-hybridized carbons (Fsp3) is 0.591. The third kappa shape index (κ3) is 5.35. The van der Waals surface area contributed by atoms with Crippen molar-refractivity contribution < 1.29 is 4.79 Å². The number of hydrogen-bond donors (Lipinski definition) is 2. The molecule has 0 spiro atoms. The highest BCUT2D eigenvalue weighted by Crippen LogP contribution is 2.24. The lowest BCUT2D eigenvalue weighted by Crippen LogP contribution is -2.53. The lowest BCUT2D eigenvalue weighted by Gasteiger charge is -2.38. The minimum Gasteiger partial charge on any atom is -0.372 e. The minimum absolute atomic E-state index is 0.130. The third-order valence-corrected chi connectivity index (χ3v) is 5.49. The van der Waals surface area contributed by atoms with Crippen LogP contribution < -0.4 is 11.1 Å². The molecule has 1 fully saturated rings. The summed E-state index contributed by atoms with van der Waals surface area (Å²) in [5.74, 6) is 0.489. The van der Waals surface area contributed by atoms with Crippen LogP contribution in [-0.4, -0.2) is 44.4 Å². The van der Waals surface area contributed by atoms with Crippen molar-refractivity contribution >= 4 is 11.6 Å². The van der Waals surface area contributed by atoms with Gasteiger partial charge in [0.15, 0.2) is 0 Å². The summed E-state index contributed by atoms with van der Waals surface area (Å²) in [5.41, 5.74) is 7.89. The summed E-state index contributed by atoms with van der Waals surface area (Å²) < 4.78 is 1.86.